The number of aryl methyl sites for hydroxylation is 1. The molecule has 4 heteroatoms. The molecule has 0 saturated carbocycles. The molecule has 3 nitrogen and oxygen atoms in total. The molecule has 1 aromatic heterocycles. The Morgan fingerprint density at radius 2 is 2.00 bits per heavy atom. The van der Waals surface area contributed by atoms with E-state index in [-0.39, 0.29) is 10.7 Å². The summed E-state index contributed by atoms with van der Waals surface area (Å²) in [6.07, 6.45) is 2.49. The smallest absolute Gasteiger partial charge is 0.150 e. The lowest BCUT2D eigenvalue weighted by Crippen LogP contribution is -1.91. The average molecular weight is 259 g/mol. The summed E-state index contributed by atoms with van der Waals surface area (Å²) in [7, 11) is 0. The molecule has 90 valence electrons. The molecule has 1 aromatic carbocycles. The Bertz CT molecular complexity index is 588. The van der Waals surface area contributed by atoms with Gasteiger partial charge in [-0.3, -0.25) is 0 Å². The molecular weight excluding hydrogens is 248 g/mol. The Balaban J connectivity index is 2.28. The maximum atomic E-state index is 9.01. The molecule has 0 aliphatic carbocycles. The van der Waals surface area contributed by atoms with Crippen LogP contribution in [0.1, 0.15) is 18.1 Å². The fourth-order valence-corrected chi connectivity index (χ4v) is 1.72. The van der Waals surface area contributed by atoms with Crippen LogP contribution in [0.4, 0.5) is 0 Å². The van der Waals surface area contributed by atoms with Crippen LogP contribution in [0.15, 0.2) is 36.5 Å². The SMILES string of the molecule is CCc1ccc(Oc2ccnc(Cl)c2C#N)cc1. The van der Waals surface area contributed by atoms with E-state index in [1.54, 1.807) is 6.07 Å². The molecule has 2 aromatic rings. The molecule has 0 saturated heterocycles. The highest BCUT2D eigenvalue weighted by Crippen LogP contribution is 2.28. The first kappa shape index (κ1) is 12.4. The van der Waals surface area contributed by atoms with Crippen molar-refractivity contribution in [3.8, 4) is 17.6 Å². The minimum atomic E-state index is 0.153. The maximum absolute atomic E-state index is 9.01. The third-order valence-electron chi connectivity index (χ3n) is 2.54. The molecule has 0 aliphatic rings. The van der Waals surface area contributed by atoms with Crippen molar-refractivity contribution in [2.45, 2.75) is 13.3 Å². The van der Waals surface area contributed by atoms with Gasteiger partial charge in [-0.1, -0.05) is 30.7 Å². The molecule has 0 unspecified atom stereocenters. The Labute approximate surface area is 111 Å². The van der Waals surface area contributed by atoms with E-state index >= 15 is 0 Å². The molecule has 18 heavy (non-hydrogen) atoms. The van der Waals surface area contributed by atoms with Gasteiger partial charge in [0.25, 0.3) is 0 Å². The maximum Gasteiger partial charge on any atom is 0.150 e. The van der Waals surface area contributed by atoms with E-state index in [1.165, 1.54) is 11.8 Å². The Morgan fingerprint density at radius 1 is 1.28 bits per heavy atom. The highest BCUT2D eigenvalue weighted by atomic mass is 35.5. The second-order valence-electron chi connectivity index (χ2n) is 3.69. The zero-order valence-corrected chi connectivity index (χ0v) is 10.6. The molecule has 0 atom stereocenters. The van der Waals surface area contributed by atoms with E-state index in [2.05, 4.69) is 11.9 Å². The van der Waals surface area contributed by atoms with Gasteiger partial charge in [0.15, 0.2) is 5.15 Å². The first-order valence-electron chi connectivity index (χ1n) is 5.56. The monoisotopic (exact) mass is 258 g/mol. The van der Waals surface area contributed by atoms with Gasteiger partial charge in [0.1, 0.15) is 23.1 Å². The van der Waals surface area contributed by atoms with Crippen molar-refractivity contribution in [2.75, 3.05) is 0 Å². The average Bonchev–Trinajstić information content (AvgIpc) is 2.40. The second-order valence-corrected chi connectivity index (χ2v) is 4.04. The van der Waals surface area contributed by atoms with Crippen molar-refractivity contribution in [1.29, 1.82) is 5.26 Å². The molecule has 0 N–H and O–H groups in total. The minimum Gasteiger partial charge on any atom is -0.456 e. The van der Waals surface area contributed by atoms with Crippen LogP contribution in [0.3, 0.4) is 0 Å². The fourth-order valence-electron chi connectivity index (χ4n) is 1.53. The number of nitriles is 1. The third-order valence-corrected chi connectivity index (χ3v) is 2.82. The van der Waals surface area contributed by atoms with Crippen molar-refractivity contribution in [2.24, 2.45) is 0 Å². The number of hydrogen-bond acceptors (Lipinski definition) is 3. The standard InChI is InChI=1S/C14H11ClN2O/c1-2-10-3-5-11(6-4-10)18-13-7-8-17-14(15)12(13)9-16/h3-8H,2H2,1H3. The van der Waals surface area contributed by atoms with Crippen LogP contribution in [0.5, 0.6) is 11.5 Å². The van der Waals surface area contributed by atoms with Crippen LogP contribution in [-0.4, -0.2) is 4.98 Å². The van der Waals surface area contributed by atoms with E-state index in [1.807, 2.05) is 30.3 Å². The first-order valence-corrected chi connectivity index (χ1v) is 5.93. The van der Waals surface area contributed by atoms with E-state index in [0.29, 0.717) is 11.5 Å². The summed E-state index contributed by atoms with van der Waals surface area (Å²) in [4.78, 5) is 3.84. The van der Waals surface area contributed by atoms with Gasteiger partial charge < -0.3 is 4.74 Å². The van der Waals surface area contributed by atoms with E-state index < -0.39 is 0 Å². The highest BCUT2D eigenvalue weighted by molar-refractivity contribution is 6.30. The Morgan fingerprint density at radius 3 is 2.61 bits per heavy atom. The lowest BCUT2D eigenvalue weighted by molar-refractivity contribution is 0.480. The normalized spacial score (nSPS) is 9.83. The second kappa shape index (κ2) is 5.52. The number of benzene rings is 1. The Kier molecular flexibility index (Phi) is 3.81. The minimum absolute atomic E-state index is 0.153. The van der Waals surface area contributed by atoms with Crippen LogP contribution >= 0.6 is 11.6 Å². The zero-order valence-electron chi connectivity index (χ0n) is 9.85. The van der Waals surface area contributed by atoms with Crippen LogP contribution in [0, 0.1) is 11.3 Å². The number of ether oxygens (including phenoxy) is 1. The molecule has 0 amide bonds. The van der Waals surface area contributed by atoms with Crippen molar-refractivity contribution in [1.82, 2.24) is 4.98 Å². The molecule has 2 rings (SSSR count). The van der Waals surface area contributed by atoms with E-state index in [4.69, 9.17) is 21.6 Å². The summed E-state index contributed by atoms with van der Waals surface area (Å²) < 4.78 is 5.63. The molecule has 0 radical (unpaired) electrons. The third kappa shape index (κ3) is 2.61. The summed E-state index contributed by atoms with van der Waals surface area (Å²) in [5, 5.41) is 9.16. The molecule has 0 bridgehead atoms. The van der Waals surface area contributed by atoms with Crippen LogP contribution in [0.2, 0.25) is 5.15 Å². The Hall–Kier alpha value is -2.05. The number of hydrogen-bond donors (Lipinski definition) is 0. The van der Waals surface area contributed by atoms with Crippen molar-refractivity contribution in [3.63, 3.8) is 0 Å². The van der Waals surface area contributed by atoms with E-state index in [0.717, 1.165) is 6.42 Å². The number of pyridine rings is 1. The number of nitrogens with zero attached hydrogens (tertiary/aromatic N) is 2. The molecular formula is C14H11ClN2O. The van der Waals surface area contributed by atoms with Gasteiger partial charge in [0, 0.05) is 12.3 Å². The molecule has 1 heterocycles. The van der Waals surface area contributed by atoms with Gasteiger partial charge in [0.2, 0.25) is 0 Å². The van der Waals surface area contributed by atoms with Crippen molar-refractivity contribution >= 4 is 11.6 Å². The number of halogens is 1. The van der Waals surface area contributed by atoms with Crippen LogP contribution in [-0.2, 0) is 6.42 Å². The fraction of sp³-hybridized carbons (Fsp3) is 0.143. The highest BCUT2D eigenvalue weighted by Gasteiger charge is 2.09. The van der Waals surface area contributed by atoms with Gasteiger partial charge >= 0.3 is 0 Å². The van der Waals surface area contributed by atoms with Gasteiger partial charge in [-0.2, -0.15) is 5.26 Å². The summed E-state index contributed by atoms with van der Waals surface area (Å²) in [6.45, 7) is 2.09. The molecule has 0 aliphatic heterocycles. The van der Waals surface area contributed by atoms with Gasteiger partial charge in [0.05, 0.1) is 0 Å². The van der Waals surface area contributed by atoms with Gasteiger partial charge in [-0.15, -0.1) is 0 Å². The largest absolute Gasteiger partial charge is 0.456 e. The summed E-state index contributed by atoms with van der Waals surface area (Å²) in [6, 6.07) is 11.3. The van der Waals surface area contributed by atoms with Gasteiger partial charge in [-0.05, 0) is 24.1 Å². The van der Waals surface area contributed by atoms with Crippen molar-refractivity contribution in [3.05, 3.63) is 52.8 Å². The summed E-state index contributed by atoms with van der Waals surface area (Å²) >= 11 is 5.83. The van der Waals surface area contributed by atoms with Gasteiger partial charge in [-0.25, -0.2) is 4.98 Å². The predicted molar refractivity (Wildman–Crippen MR) is 69.9 cm³/mol. The summed E-state index contributed by atoms with van der Waals surface area (Å²) in [5.41, 5.74) is 1.48. The summed E-state index contributed by atoms with van der Waals surface area (Å²) in [5.74, 6) is 1.09. The van der Waals surface area contributed by atoms with Crippen LogP contribution in [0.25, 0.3) is 0 Å². The lowest BCUT2D eigenvalue weighted by atomic mass is 10.2. The number of aromatic nitrogens is 1. The molecule has 0 fully saturated rings. The number of rotatable bonds is 3. The van der Waals surface area contributed by atoms with Crippen molar-refractivity contribution < 1.29 is 4.74 Å². The zero-order chi connectivity index (χ0) is 13.0. The quantitative estimate of drug-likeness (QED) is 0.783. The topological polar surface area (TPSA) is 45.9 Å². The van der Waals surface area contributed by atoms with Crippen LogP contribution < -0.4 is 4.74 Å². The molecule has 0 spiro atoms. The van der Waals surface area contributed by atoms with E-state index in [9.17, 15) is 0 Å². The first-order chi connectivity index (χ1) is 8.74. The lowest BCUT2D eigenvalue weighted by Gasteiger charge is -2.08. The predicted octanol–water partition coefficient (Wildman–Crippen LogP) is 3.96.